The van der Waals surface area contributed by atoms with Crippen LogP contribution in [0.5, 0.6) is 0 Å². The highest BCUT2D eigenvalue weighted by Crippen LogP contribution is 2.29. The van der Waals surface area contributed by atoms with Gasteiger partial charge in [-0.2, -0.15) is 0 Å². The average Bonchev–Trinajstić information content (AvgIpc) is 3.47. The normalized spacial score (nSPS) is 15.0. The molecule has 1 N–H and O–H groups in total. The van der Waals surface area contributed by atoms with E-state index in [4.69, 9.17) is 19.2 Å². The standard InChI is InChI=1S/C26H27N5O4S/c1-36-22-15-27-24(29-25(22)30-11-13-33-14-12-30)20-7-9-21(10-8-20)28-26(32)31(23-17-34-18-35-23)16-19-5-3-2-4-6-19/h2-10,15,17H,11-14,16,18H2,1H3,(H,28,32). The van der Waals surface area contributed by atoms with Gasteiger partial charge in [0.15, 0.2) is 5.82 Å². The Kier molecular flexibility index (Phi) is 7.53. The summed E-state index contributed by atoms with van der Waals surface area (Å²) in [5.74, 6) is 1.93. The van der Waals surface area contributed by atoms with Crippen molar-refractivity contribution in [3.8, 4) is 11.4 Å². The van der Waals surface area contributed by atoms with Crippen molar-refractivity contribution in [3.63, 3.8) is 0 Å². The molecule has 0 atom stereocenters. The van der Waals surface area contributed by atoms with Crippen molar-refractivity contribution in [2.24, 2.45) is 0 Å². The predicted octanol–water partition coefficient (Wildman–Crippen LogP) is 4.54. The maximum Gasteiger partial charge on any atom is 0.329 e. The number of carbonyl (C=O) groups is 1. The second kappa shape index (κ2) is 11.3. The number of hydrogen-bond donors (Lipinski definition) is 1. The Hall–Kier alpha value is -3.76. The molecule has 3 heterocycles. The number of amides is 2. The van der Waals surface area contributed by atoms with Crippen molar-refractivity contribution in [1.82, 2.24) is 14.9 Å². The molecule has 3 aromatic rings. The van der Waals surface area contributed by atoms with Crippen LogP contribution < -0.4 is 10.2 Å². The Morgan fingerprint density at radius 1 is 1.11 bits per heavy atom. The molecule has 5 rings (SSSR count). The molecular weight excluding hydrogens is 478 g/mol. The zero-order chi connectivity index (χ0) is 24.7. The van der Waals surface area contributed by atoms with Crippen molar-refractivity contribution in [2.45, 2.75) is 11.4 Å². The Balaban J connectivity index is 1.31. The van der Waals surface area contributed by atoms with Gasteiger partial charge in [-0.3, -0.25) is 4.90 Å². The highest BCUT2D eigenvalue weighted by atomic mass is 32.2. The molecule has 10 heteroatoms. The van der Waals surface area contributed by atoms with Crippen LogP contribution in [0.4, 0.5) is 16.3 Å². The third-order valence-electron chi connectivity index (χ3n) is 5.81. The van der Waals surface area contributed by atoms with E-state index in [1.165, 1.54) is 11.2 Å². The minimum atomic E-state index is -0.321. The maximum atomic E-state index is 13.1. The zero-order valence-electron chi connectivity index (χ0n) is 19.9. The molecule has 2 aliphatic heterocycles. The van der Waals surface area contributed by atoms with Crippen LogP contribution in [0.1, 0.15) is 5.56 Å². The summed E-state index contributed by atoms with van der Waals surface area (Å²) < 4.78 is 16.1. The van der Waals surface area contributed by atoms with Gasteiger partial charge < -0.3 is 24.4 Å². The van der Waals surface area contributed by atoms with Crippen LogP contribution in [0.3, 0.4) is 0 Å². The molecule has 2 aliphatic rings. The van der Waals surface area contributed by atoms with Gasteiger partial charge in [0.25, 0.3) is 0 Å². The number of carbonyl (C=O) groups excluding carboxylic acids is 1. The molecule has 0 bridgehead atoms. The Bertz CT molecular complexity index is 1220. The molecule has 0 saturated carbocycles. The van der Waals surface area contributed by atoms with Gasteiger partial charge in [0.1, 0.15) is 12.1 Å². The molecule has 2 aromatic carbocycles. The summed E-state index contributed by atoms with van der Waals surface area (Å²) in [7, 11) is 0. The Morgan fingerprint density at radius 2 is 1.89 bits per heavy atom. The molecule has 0 aliphatic carbocycles. The summed E-state index contributed by atoms with van der Waals surface area (Å²) in [6.45, 7) is 3.43. The summed E-state index contributed by atoms with van der Waals surface area (Å²) in [6.07, 6.45) is 5.35. The van der Waals surface area contributed by atoms with Gasteiger partial charge in [-0.15, -0.1) is 11.8 Å². The first-order valence-electron chi connectivity index (χ1n) is 11.6. The zero-order valence-corrected chi connectivity index (χ0v) is 20.7. The third-order valence-corrected chi connectivity index (χ3v) is 6.54. The largest absolute Gasteiger partial charge is 0.459 e. The summed E-state index contributed by atoms with van der Waals surface area (Å²) >= 11 is 1.63. The minimum Gasteiger partial charge on any atom is -0.459 e. The minimum absolute atomic E-state index is 0.0877. The van der Waals surface area contributed by atoms with Crippen LogP contribution in [-0.2, 0) is 20.8 Å². The fraction of sp³-hybridized carbons (Fsp3) is 0.269. The number of nitrogens with one attached hydrogen (secondary N) is 1. The molecule has 9 nitrogen and oxygen atoms in total. The highest BCUT2D eigenvalue weighted by Gasteiger charge is 2.24. The van der Waals surface area contributed by atoms with Gasteiger partial charge in [0.2, 0.25) is 12.7 Å². The summed E-state index contributed by atoms with van der Waals surface area (Å²) in [4.78, 5) is 27.4. The van der Waals surface area contributed by atoms with E-state index in [0.717, 1.165) is 34.9 Å². The summed E-state index contributed by atoms with van der Waals surface area (Å²) in [5, 5.41) is 2.94. The van der Waals surface area contributed by atoms with Crippen LogP contribution in [0.2, 0.25) is 0 Å². The van der Waals surface area contributed by atoms with E-state index in [2.05, 4.69) is 15.2 Å². The van der Waals surface area contributed by atoms with Crippen molar-refractivity contribution in [1.29, 1.82) is 0 Å². The van der Waals surface area contributed by atoms with Gasteiger partial charge in [0.05, 0.1) is 24.7 Å². The first-order chi connectivity index (χ1) is 17.7. The van der Waals surface area contributed by atoms with Gasteiger partial charge >= 0.3 is 6.03 Å². The molecule has 0 radical (unpaired) electrons. The van der Waals surface area contributed by atoms with Crippen molar-refractivity contribution >= 4 is 29.3 Å². The molecule has 2 amide bonds. The number of benzene rings is 2. The van der Waals surface area contributed by atoms with E-state index >= 15 is 0 Å². The molecule has 0 spiro atoms. The van der Waals surface area contributed by atoms with Crippen LogP contribution >= 0.6 is 11.8 Å². The number of anilines is 2. The van der Waals surface area contributed by atoms with Gasteiger partial charge in [0, 0.05) is 30.5 Å². The lowest BCUT2D eigenvalue weighted by atomic mass is 10.2. The topological polar surface area (TPSA) is 89.1 Å². The second-order valence-electron chi connectivity index (χ2n) is 8.15. The van der Waals surface area contributed by atoms with E-state index in [0.29, 0.717) is 37.2 Å². The number of rotatable bonds is 7. The summed E-state index contributed by atoms with van der Waals surface area (Å²) in [6, 6.07) is 16.9. The third kappa shape index (κ3) is 5.55. The van der Waals surface area contributed by atoms with Crippen LogP contribution in [0, 0.1) is 0 Å². The number of thioether (sulfide) groups is 1. The summed E-state index contributed by atoms with van der Waals surface area (Å²) in [5.41, 5.74) is 2.49. The van der Waals surface area contributed by atoms with E-state index in [-0.39, 0.29) is 12.8 Å². The number of ether oxygens (including phenoxy) is 3. The lowest BCUT2D eigenvalue weighted by molar-refractivity contribution is 0.0554. The number of urea groups is 1. The SMILES string of the molecule is CSc1cnc(-c2ccc(NC(=O)N(Cc3ccccc3)C3=COCO3)cc2)nc1N1CCOCC1. The number of aromatic nitrogens is 2. The molecular formula is C26H27N5O4S. The van der Waals surface area contributed by atoms with Crippen LogP contribution in [-0.4, -0.2) is 60.3 Å². The lowest BCUT2D eigenvalue weighted by Crippen LogP contribution is -2.37. The van der Waals surface area contributed by atoms with E-state index in [1.807, 2.05) is 67.0 Å². The fourth-order valence-electron chi connectivity index (χ4n) is 3.93. The van der Waals surface area contributed by atoms with Crippen LogP contribution in [0.15, 0.2) is 77.8 Å². The second-order valence-corrected chi connectivity index (χ2v) is 9.00. The highest BCUT2D eigenvalue weighted by molar-refractivity contribution is 7.98. The van der Waals surface area contributed by atoms with Crippen molar-refractivity contribution in [3.05, 3.63) is 78.5 Å². The fourth-order valence-corrected chi connectivity index (χ4v) is 4.45. The molecule has 36 heavy (non-hydrogen) atoms. The van der Waals surface area contributed by atoms with Crippen LogP contribution in [0.25, 0.3) is 11.4 Å². The smallest absolute Gasteiger partial charge is 0.329 e. The van der Waals surface area contributed by atoms with E-state index in [9.17, 15) is 4.79 Å². The first kappa shape index (κ1) is 24.0. The molecule has 1 aromatic heterocycles. The number of hydrogen-bond acceptors (Lipinski definition) is 8. The van der Waals surface area contributed by atoms with Gasteiger partial charge in [-0.25, -0.2) is 14.8 Å². The molecule has 1 saturated heterocycles. The van der Waals surface area contributed by atoms with E-state index in [1.54, 1.807) is 11.8 Å². The van der Waals surface area contributed by atoms with E-state index < -0.39 is 0 Å². The Morgan fingerprint density at radius 3 is 2.58 bits per heavy atom. The monoisotopic (exact) mass is 505 g/mol. The molecule has 1 fully saturated rings. The lowest BCUT2D eigenvalue weighted by Gasteiger charge is -2.29. The van der Waals surface area contributed by atoms with Gasteiger partial charge in [-0.1, -0.05) is 30.3 Å². The van der Waals surface area contributed by atoms with Crippen molar-refractivity contribution in [2.75, 3.05) is 49.6 Å². The molecule has 0 unspecified atom stereocenters. The van der Waals surface area contributed by atoms with Crippen molar-refractivity contribution < 1.29 is 19.0 Å². The number of morpholine rings is 1. The maximum absolute atomic E-state index is 13.1. The number of nitrogens with zero attached hydrogens (tertiary/aromatic N) is 4. The molecule has 186 valence electrons. The quantitative estimate of drug-likeness (QED) is 0.468. The average molecular weight is 506 g/mol. The Labute approximate surface area is 214 Å². The first-order valence-corrected chi connectivity index (χ1v) is 12.8. The van der Waals surface area contributed by atoms with Gasteiger partial charge in [-0.05, 0) is 36.1 Å². The predicted molar refractivity (Wildman–Crippen MR) is 138 cm³/mol.